The second-order valence-electron chi connectivity index (χ2n) is 8.79. The van der Waals surface area contributed by atoms with Crippen LogP contribution < -0.4 is 5.32 Å². The molecule has 2 heterocycles. The molecule has 3 aliphatic rings. The lowest BCUT2D eigenvalue weighted by Crippen LogP contribution is -2.57. The van der Waals surface area contributed by atoms with E-state index in [1.54, 1.807) is 24.5 Å². The lowest BCUT2D eigenvalue weighted by molar-refractivity contribution is -0.153. The quantitative estimate of drug-likeness (QED) is 0.826. The van der Waals surface area contributed by atoms with Crippen LogP contribution in [0.2, 0.25) is 0 Å². The molecule has 7 atom stereocenters. The Morgan fingerprint density at radius 3 is 2.65 bits per heavy atom. The van der Waals surface area contributed by atoms with E-state index in [2.05, 4.69) is 24.1 Å². The van der Waals surface area contributed by atoms with Gasteiger partial charge in [-0.25, -0.2) is 0 Å². The summed E-state index contributed by atoms with van der Waals surface area (Å²) in [5.74, 6) is 0.842. The zero-order valence-electron chi connectivity index (χ0n) is 15.8. The minimum absolute atomic E-state index is 0.00327. The summed E-state index contributed by atoms with van der Waals surface area (Å²) in [7, 11) is 0. The Kier molecular flexibility index (Phi) is 4.28. The van der Waals surface area contributed by atoms with Crippen molar-refractivity contribution in [3.63, 3.8) is 0 Å². The van der Waals surface area contributed by atoms with Crippen LogP contribution in [0.4, 0.5) is 0 Å². The van der Waals surface area contributed by atoms with Crippen molar-refractivity contribution >= 4 is 11.9 Å². The van der Waals surface area contributed by atoms with Crippen LogP contribution in [0.3, 0.4) is 0 Å². The lowest BCUT2D eigenvalue weighted by atomic mass is 9.52. The van der Waals surface area contributed by atoms with Gasteiger partial charge in [0.2, 0.25) is 0 Å². The van der Waals surface area contributed by atoms with Crippen molar-refractivity contribution in [2.24, 2.45) is 29.1 Å². The molecule has 1 aromatic heterocycles. The molecule has 1 aliphatic heterocycles. The lowest BCUT2D eigenvalue weighted by Gasteiger charge is -2.54. The van der Waals surface area contributed by atoms with E-state index in [-0.39, 0.29) is 41.3 Å². The number of amides is 1. The van der Waals surface area contributed by atoms with Crippen LogP contribution in [0, 0.1) is 29.1 Å². The number of pyridine rings is 1. The van der Waals surface area contributed by atoms with Crippen LogP contribution in [0.1, 0.15) is 56.8 Å². The topological polar surface area (TPSA) is 68.3 Å². The van der Waals surface area contributed by atoms with Crippen molar-refractivity contribution in [2.75, 3.05) is 0 Å². The van der Waals surface area contributed by atoms with Crippen molar-refractivity contribution in [3.8, 4) is 0 Å². The number of hydrogen-bond acceptors (Lipinski definition) is 4. The SMILES string of the molecule is C[C@@H]1[C@@H]2[C@@H]3OC(=O)[C@@H](C)[C@@H]3CC[C@]2(C)CC[C@@H]1NC(=O)c1ccncc1. The van der Waals surface area contributed by atoms with Gasteiger partial charge in [-0.3, -0.25) is 14.6 Å². The molecular weight excluding hydrogens is 328 g/mol. The molecule has 1 aromatic rings. The van der Waals surface area contributed by atoms with Crippen molar-refractivity contribution in [1.82, 2.24) is 10.3 Å². The molecule has 5 heteroatoms. The zero-order chi connectivity index (χ0) is 18.5. The molecule has 4 rings (SSSR count). The molecular formula is C21H28N2O3. The van der Waals surface area contributed by atoms with Gasteiger partial charge in [0, 0.05) is 35.8 Å². The van der Waals surface area contributed by atoms with Gasteiger partial charge in [0.25, 0.3) is 5.91 Å². The molecule has 1 N–H and O–H groups in total. The fraction of sp³-hybridized carbons (Fsp3) is 0.667. The highest BCUT2D eigenvalue weighted by molar-refractivity contribution is 5.94. The molecule has 3 fully saturated rings. The fourth-order valence-corrected chi connectivity index (χ4v) is 5.78. The maximum absolute atomic E-state index is 12.6. The second-order valence-corrected chi connectivity index (χ2v) is 8.79. The van der Waals surface area contributed by atoms with Gasteiger partial charge >= 0.3 is 5.97 Å². The predicted octanol–water partition coefficient (Wildman–Crippen LogP) is 3.20. The number of nitrogens with one attached hydrogen (secondary N) is 1. The first-order valence-electron chi connectivity index (χ1n) is 9.82. The molecule has 5 nitrogen and oxygen atoms in total. The molecule has 1 amide bonds. The Bertz CT molecular complexity index is 706. The Hall–Kier alpha value is -1.91. The van der Waals surface area contributed by atoms with Crippen molar-refractivity contribution < 1.29 is 14.3 Å². The summed E-state index contributed by atoms with van der Waals surface area (Å²) in [6, 6.07) is 3.59. The van der Waals surface area contributed by atoms with Crippen LogP contribution in [0.25, 0.3) is 0 Å². The molecule has 26 heavy (non-hydrogen) atoms. The third-order valence-corrected chi connectivity index (χ3v) is 7.38. The summed E-state index contributed by atoms with van der Waals surface area (Å²) in [6.45, 7) is 6.58. The fourth-order valence-electron chi connectivity index (χ4n) is 5.78. The monoisotopic (exact) mass is 356 g/mol. The summed E-state index contributed by atoms with van der Waals surface area (Å²) in [6.07, 6.45) is 7.56. The van der Waals surface area contributed by atoms with Crippen LogP contribution in [-0.2, 0) is 9.53 Å². The van der Waals surface area contributed by atoms with E-state index in [0.29, 0.717) is 17.4 Å². The number of hydrogen-bond donors (Lipinski definition) is 1. The molecule has 0 radical (unpaired) electrons. The Morgan fingerprint density at radius 2 is 1.92 bits per heavy atom. The maximum Gasteiger partial charge on any atom is 0.309 e. The molecule has 0 unspecified atom stereocenters. The van der Waals surface area contributed by atoms with E-state index in [9.17, 15) is 9.59 Å². The van der Waals surface area contributed by atoms with Gasteiger partial charge in [-0.15, -0.1) is 0 Å². The smallest absolute Gasteiger partial charge is 0.309 e. The standard InChI is InChI=1S/C21H28N2O3/c1-12-15-4-8-21(3)9-5-16(13(2)17(21)18(15)26-20(12)25)23-19(24)14-6-10-22-11-7-14/h6-7,10-13,15-18H,4-5,8-9H2,1-3H3,(H,23,24)/t12-,13-,15-,16-,17+,18+,21+/m0/s1. The number of rotatable bonds is 2. The van der Waals surface area contributed by atoms with E-state index >= 15 is 0 Å². The first kappa shape index (κ1) is 17.5. The number of aromatic nitrogens is 1. The highest BCUT2D eigenvalue weighted by Gasteiger charge is 2.58. The van der Waals surface area contributed by atoms with Gasteiger partial charge in [-0.1, -0.05) is 20.8 Å². The Labute approximate surface area is 154 Å². The van der Waals surface area contributed by atoms with E-state index in [0.717, 1.165) is 25.7 Å². The molecule has 0 spiro atoms. The number of carbonyl (C=O) groups is 2. The van der Waals surface area contributed by atoms with Gasteiger partial charge in [-0.05, 0) is 49.1 Å². The number of ether oxygens (including phenoxy) is 1. The third-order valence-electron chi connectivity index (χ3n) is 7.38. The molecule has 0 bridgehead atoms. The van der Waals surface area contributed by atoms with E-state index < -0.39 is 0 Å². The van der Waals surface area contributed by atoms with Crippen LogP contribution in [0.5, 0.6) is 0 Å². The third kappa shape index (κ3) is 2.72. The van der Waals surface area contributed by atoms with Gasteiger partial charge < -0.3 is 10.1 Å². The molecule has 2 aliphatic carbocycles. The van der Waals surface area contributed by atoms with Crippen LogP contribution >= 0.6 is 0 Å². The van der Waals surface area contributed by atoms with Crippen molar-refractivity contribution in [3.05, 3.63) is 30.1 Å². The minimum atomic E-state index is -0.0444. The van der Waals surface area contributed by atoms with E-state index in [1.165, 1.54) is 0 Å². The maximum atomic E-state index is 12.6. The van der Waals surface area contributed by atoms with Gasteiger partial charge in [0.1, 0.15) is 6.10 Å². The first-order valence-corrected chi connectivity index (χ1v) is 9.82. The molecule has 140 valence electrons. The van der Waals surface area contributed by atoms with Crippen molar-refractivity contribution in [2.45, 2.75) is 58.6 Å². The highest BCUT2D eigenvalue weighted by atomic mass is 16.6. The molecule has 1 saturated heterocycles. The second kappa shape index (κ2) is 6.36. The largest absolute Gasteiger partial charge is 0.462 e. The van der Waals surface area contributed by atoms with E-state index in [1.807, 2.05) is 6.92 Å². The average molecular weight is 356 g/mol. The Morgan fingerprint density at radius 1 is 1.23 bits per heavy atom. The number of carbonyl (C=O) groups excluding carboxylic acids is 2. The number of esters is 1. The average Bonchev–Trinajstić information content (AvgIpc) is 2.92. The summed E-state index contributed by atoms with van der Waals surface area (Å²) < 4.78 is 5.86. The molecule has 0 aromatic carbocycles. The summed E-state index contributed by atoms with van der Waals surface area (Å²) in [5, 5.41) is 3.23. The summed E-state index contributed by atoms with van der Waals surface area (Å²) in [5.41, 5.74) is 0.839. The number of fused-ring (bicyclic) bond motifs is 3. The van der Waals surface area contributed by atoms with E-state index in [4.69, 9.17) is 4.74 Å². The van der Waals surface area contributed by atoms with Gasteiger partial charge in [0.05, 0.1) is 5.92 Å². The minimum Gasteiger partial charge on any atom is -0.462 e. The van der Waals surface area contributed by atoms with Gasteiger partial charge in [0.15, 0.2) is 0 Å². The highest BCUT2D eigenvalue weighted by Crippen LogP contribution is 2.57. The normalized spacial score (nSPS) is 41.7. The predicted molar refractivity (Wildman–Crippen MR) is 97.3 cm³/mol. The molecule has 2 saturated carbocycles. The summed E-state index contributed by atoms with van der Waals surface area (Å²) >= 11 is 0. The van der Waals surface area contributed by atoms with Gasteiger partial charge in [-0.2, -0.15) is 0 Å². The Balaban J connectivity index is 1.54. The van der Waals surface area contributed by atoms with Crippen LogP contribution in [0.15, 0.2) is 24.5 Å². The summed E-state index contributed by atoms with van der Waals surface area (Å²) in [4.78, 5) is 28.8. The first-order chi connectivity index (χ1) is 12.4. The van der Waals surface area contributed by atoms with Crippen LogP contribution in [-0.4, -0.2) is 29.0 Å². The van der Waals surface area contributed by atoms with Crippen molar-refractivity contribution in [1.29, 1.82) is 0 Å². The number of nitrogens with zero attached hydrogens (tertiary/aromatic N) is 1. The zero-order valence-corrected chi connectivity index (χ0v) is 15.8.